The Morgan fingerprint density at radius 1 is 1.19 bits per heavy atom. The maximum Gasteiger partial charge on any atom is 0.119 e. The highest BCUT2D eigenvalue weighted by Crippen LogP contribution is 2.31. The van der Waals surface area contributed by atoms with Gasteiger partial charge in [-0.25, -0.2) is 0 Å². The first-order chi connectivity index (χ1) is 10.4. The minimum absolute atomic E-state index is 0.524. The van der Waals surface area contributed by atoms with Gasteiger partial charge in [0.15, 0.2) is 0 Å². The molecule has 1 heterocycles. The highest BCUT2D eigenvalue weighted by molar-refractivity contribution is 5.39. The largest absolute Gasteiger partial charge is 0.492 e. The minimum Gasteiger partial charge on any atom is -0.492 e. The van der Waals surface area contributed by atoms with E-state index in [1.54, 1.807) is 0 Å². The molecule has 1 fully saturated rings. The smallest absolute Gasteiger partial charge is 0.119 e. The Balaban J connectivity index is 1.54. The Bertz CT molecular complexity index is 455. The summed E-state index contributed by atoms with van der Waals surface area (Å²) < 4.78 is 5.98. The summed E-state index contributed by atoms with van der Waals surface area (Å²) in [4.78, 5) is 2.53. The maximum atomic E-state index is 5.98. The van der Waals surface area contributed by atoms with Gasteiger partial charge in [-0.1, -0.05) is 12.5 Å². The molecule has 1 aliphatic heterocycles. The predicted molar refractivity (Wildman–Crippen MR) is 87.0 cm³/mol. The molecule has 0 saturated carbocycles. The van der Waals surface area contributed by atoms with Gasteiger partial charge in [-0.2, -0.15) is 0 Å². The van der Waals surface area contributed by atoms with Crippen LogP contribution in [-0.4, -0.2) is 38.2 Å². The highest BCUT2D eigenvalue weighted by Gasteiger charge is 2.19. The van der Waals surface area contributed by atoms with E-state index >= 15 is 0 Å². The van der Waals surface area contributed by atoms with Crippen molar-refractivity contribution in [3.8, 4) is 5.75 Å². The molecule has 0 aromatic heterocycles. The molecule has 1 aromatic carbocycles. The standard InChI is InChI=1S/C18H28N2O/c1-19-18-7-5-6-15-14-16(8-9-17(15)18)21-13-12-20-10-3-2-4-11-20/h8-9,14,18-19H,2-7,10-13H2,1H3. The van der Waals surface area contributed by atoms with Gasteiger partial charge < -0.3 is 10.1 Å². The summed E-state index contributed by atoms with van der Waals surface area (Å²) >= 11 is 0. The fourth-order valence-corrected chi connectivity index (χ4v) is 3.66. The number of likely N-dealkylation sites (tertiary alicyclic amines) is 1. The van der Waals surface area contributed by atoms with E-state index in [0.29, 0.717) is 6.04 Å². The predicted octanol–water partition coefficient (Wildman–Crippen LogP) is 3.15. The topological polar surface area (TPSA) is 24.5 Å². The van der Waals surface area contributed by atoms with Crippen molar-refractivity contribution in [1.29, 1.82) is 0 Å². The minimum atomic E-state index is 0.524. The van der Waals surface area contributed by atoms with Crippen LogP contribution < -0.4 is 10.1 Å². The van der Waals surface area contributed by atoms with Crippen LogP contribution in [0.25, 0.3) is 0 Å². The molecule has 3 rings (SSSR count). The van der Waals surface area contributed by atoms with Crippen molar-refractivity contribution in [3.63, 3.8) is 0 Å². The molecule has 0 radical (unpaired) electrons. The number of benzene rings is 1. The number of piperidine rings is 1. The molecular formula is C18H28N2O. The molecule has 21 heavy (non-hydrogen) atoms. The lowest BCUT2D eigenvalue weighted by Gasteiger charge is -2.27. The van der Waals surface area contributed by atoms with Crippen molar-refractivity contribution in [1.82, 2.24) is 10.2 Å². The van der Waals surface area contributed by atoms with Gasteiger partial charge in [-0.05, 0) is 75.5 Å². The molecule has 1 aliphatic carbocycles. The van der Waals surface area contributed by atoms with Gasteiger partial charge in [0, 0.05) is 12.6 Å². The molecule has 0 amide bonds. The quantitative estimate of drug-likeness (QED) is 0.901. The molecule has 1 atom stereocenters. The molecule has 1 aromatic rings. The molecule has 0 spiro atoms. The third kappa shape index (κ3) is 3.78. The van der Waals surface area contributed by atoms with Crippen LogP contribution in [0.3, 0.4) is 0 Å². The van der Waals surface area contributed by atoms with Crippen LogP contribution in [0.15, 0.2) is 18.2 Å². The fraction of sp³-hybridized carbons (Fsp3) is 0.667. The van der Waals surface area contributed by atoms with Gasteiger partial charge in [0.2, 0.25) is 0 Å². The molecule has 3 heteroatoms. The van der Waals surface area contributed by atoms with E-state index in [-0.39, 0.29) is 0 Å². The number of ether oxygens (including phenoxy) is 1. The monoisotopic (exact) mass is 288 g/mol. The van der Waals surface area contributed by atoms with Crippen molar-refractivity contribution in [2.24, 2.45) is 0 Å². The summed E-state index contributed by atoms with van der Waals surface area (Å²) in [5.41, 5.74) is 2.93. The summed E-state index contributed by atoms with van der Waals surface area (Å²) in [6, 6.07) is 7.18. The zero-order valence-electron chi connectivity index (χ0n) is 13.2. The lowest BCUT2D eigenvalue weighted by atomic mass is 9.87. The highest BCUT2D eigenvalue weighted by atomic mass is 16.5. The summed E-state index contributed by atoms with van der Waals surface area (Å²) in [5.74, 6) is 1.04. The molecular weight excluding hydrogens is 260 g/mol. The number of aryl methyl sites for hydroxylation is 1. The van der Waals surface area contributed by atoms with E-state index in [4.69, 9.17) is 4.74 Å². The normalized spacial score (nSPS) is 22.8. The molecule has 1 N–H and O–H groups in total. The Morgan fingerprint density at radius 2 is 2.05 bits per heavy atom. The average Bonchev–Trinajstić information content (AvgIpc) is 2.55. The first kappa shape index (κ1) is 14.9. The first-order valence-electron chi connectivity index (χ1n) is 8.52. The van der Waals surface area contributed by atoms with Gasteiger partial charge in [0.05, 0.1) is 0 Å². The second kappa shape index (κ2) is 7.28. The fourth-order valence-electron chi connectivity index (χ4n) is 3.66. The van der Waals surface area contributed by atoms with Gasteiger partial charge in [-0.15, -0.1) is 0 Å². The summed E-state index contributed by atoms with van der Waals surface area (Å²) in [6.07, 6.45) is 7.81. The Labute approximate surface area is 128 Å². The maximum absolute atomic E-state index is 5.98. The number of fused-ring (bicyclic) bond motifs is 1. The van der Waals surface area contributed by atoms with Gasteiger partial charge >= 0.3 is 0 Å². The van der Waals surface area contributed by atoms with Gasteiger partial charge in [0.1, 0.15) is 12.4 Å². The third-order valence-corrected chi connectivity index (χ3v) is 4.90. The molecule has 0 bridgehead atoms. The van der Waals surface area contributed by atoms with Crippen molar-refractivity contribution in [2.45, 2.75) is 44.6 Å². The van der Waals surface area contributed by atoms with Crippen molar-refractivity contribution in [3.05, 3.63) is 29.3 Å². The lowest BCUT2D eigenvalue weighted by molar-refractivity contribution is 0.183. The van der Waals surface area contributed by atoms with Crippen LogP contribution >= 0.6 is 0 Å². The van der Waals surface area contributed by atoms with Crippen LogP contribution in [0, 0.1) is 0 Å². The lowest BCUT2D eigenvalue weighted by Crippen LogP contribution is -2.33. The Morgan fingerprint density at radius 3 is 2.86 bits per heavy atom. The van der Waals surface area contributed by atoms with E-state index < -0.39 is 0 Å². The van der Waals surface area contributed by atoms with E-state index in [1.165, 1.54) is 62.7 Å². The van der Waals surface area contributed by atoms with Crippen LogP contribution in [0.5, 0.6) is 5.75 Å². The zero-order chi connectivity index (χ0) is 14.5. The van der Waals surface area contributed by atoms with Crippen molar-refractivity contribution >= 4 is 0 Å². The Kier molecular flexibility index (Phi) is 5.15. The summed E-state index contributed by atoms with van der Waals surface area (Å²) in [7, 11) is 2.06. The number of nitrogens with one attached hydrogen (secondary N) is 1. The average molecular weight is 288 g/mol. The first-order valence-corrected chi connectivity index (χ1v) is 8.52. The molecule has 1 unspecified atom stereocenters. The molecule has 1 saturated heterocycles. The van der Waals surface area contributed by atoms with Crippen molar-refractivity contribution in [2.75, 3.05) is 33.3 Å². The zero-order valence-corrected chi connectivity index (χ0v) is 13.2. The van der Waals surface area contributed by atoms with E-state index in [9.17, 15) is 0 Å². The molecule has 2 aliphatic rings. The van der Waals surface area contributed by atoms with E-state index in [1.807, 2.05) is 0 Å². The van der Waals surface area contributed by atoms with Crippen LogP contribution in [0.2, 0.25) is 0 Å². The number of nitrogens with zero attached hydrogens (tertiary/aromatic N) is 1. The van der Waals surface area contributed by atoms with E-state index in [0.717, 1.165) is 18.9 Å². The van der Waals surface area contributed by atoms with Crippen LogP contribution in [0.1, 0.15) is 49.3 Å². The summed E-state index contributed by atoms with van der Waals surface area (Å²) in [6.45, 7) is 4.37. The number of rotatable bonds is 5. The molecule has 3 nitrogen and oxygen atoms in total. The van der Waals surface area contributed by atoms with E-state index in [2.05, 4.69) is 35.5 Å². The van der Waals surface area contributed by atoms with Gasteiger partial charge in [0.25, 0.3) is 0 Å². The summed E-state index contributed by atoms with van der Waals surface area (Å²) in [5, 5.41) is 3.42. The SMILES string of the molecule is CNC1CCCc2cc(OCCN3CCCCC3)ccc21. The number of hydrogen-bond donors (Lipinski definition) is 1. The van der Waals surface area contributed by atoms with Crippen LogP contribution in [-0.2, 0) is 6.42 Å². The third-order valence-electron chi connectivity index (χ3n) is 4.90. The van der Waals surface area contributed by atoms with Crippen molar-refractivity contribution < 1.29 is 4.74 Å². The molecule has 116 valence electrons. The second-order valence-corrected chi connectivity index (χ2v) is 6.34. The van der Waals surface area contributed by atoms with Crippen LogP contribution in [0.4, 0.5) is 0 Å². The van der Waals surface area contributed by atoms with Gasteiger partial charge in [-0.3, -0.25) is 4.90 Å². The number of hydrogen-bond acceptors (Lipinski definition) is 3. The Hall–Kier alpha value is -1.06. The second-order valence-electron chi connectivity index (χ2n) is 6.34.